The van der Waals surface area contributed by atoms with Crippen LogP contribution in [0.25, 0.3) is 21.9 Å². The van der Waals surface area contributed by atoms with E-state index in [2.05, 4.69) is 96.1 Å². The Hall–Kier alpha value is -2.28. The van der Waals surface area contributed by atoms with Crippen LogP contribution in [-0.2, 0) is 10.8 Å². The number of rotatable bonds is 1. The summed E-state index contributed by atoms with van der Waals surface area (Å²) in [6.07, 6.45) is 0. The van der Waals surface area contributed by atoms with Crippen LogP contribution in [0.2, 0.25) is 0 Å². The highest BCUT2D eigenvalue weighted by molar-refractivity contribution is 5.98. The van der Waals surface area contributed by atoms with Gasteiger partial charge in [-0.05, 0) is 38.8 Å². The molecule has 1 N–H and O–H groups in total. The van der Waals surface area contributed by atoms with E-state index in [1.54, 1.807) is 0 Å². The fraction of sp³-hybridized carbons (Fsp3) is 0.333. The van der Waals surface area contributed by atoms with Crippen LogP contribution in [0, 0.1) is 0 Å². The summed E-state index contributed by atoms with van der Waals surface area (Å²) in [6, 6.07) is 19.0. The SMILES string of the molecule is CC(C)(C)c1cc(-c2cccc3ccccc23)c(O)c(C(C)(C)C)c1. The predicted octanol–water partition coefficient (Wildman–Crippen LogP) is 6.81. The van der Waals surface area contributed by atoms with Crippen LogP contribution in [-0.4, -0.2) is 5.11 Å². The normalized spacial score (nSPS) is 12.6. The Bertz CT molecular complexity index is 916. The van der Waals surface area contributed by atoms with Crippen molar-refractivity contribution in [1.82, 2.24) is 0 Å². The number of fused-ring (bicyclic) bond motifs is 1. The molecule has 0 radical (unpaired) electrons. The van der Waals surface area contributed by atoms with Crippen molar-refractivity contribution in [3.63, 3.8) is 0 Å². The van der Waals surface area contributed by atoms with Crippen molar-refractivity contribution >= 4 is 10.8 Å². The summed E-state index contributed by atoms with van der Waals surface area (Å²) in [4.78, 5) is 0. The van der Waals surface area contributed by atoms with Gasteiger partial charge in [-0.1, -0.05) is 90.1 Å². The first-order valence-corrected chi connectivity index (χ1v) is 8.95. The molecule has 0 amide bonds. The van der Waals surface area contributed by atoms with E-state index in [1.807, 2.05) is 0 Å². The topological polar surface area (TPSA) is 20.2 Å². The molecule has 0 fully saturated rings. The van der Waals surface area contributed by atoms with E-state index in [0.717, 1.165) is 16.7 Å². The third-order valence-electron chi connectivity index (χ3n) is 4.86. The van der Waals surface area contributed by atoms with Crippen molar-refractivity contribution in [3.8, 4) is 16.9 Å². The van der Waals surface area contributed by atoms with E-state index in [1.165, 1.54) is 16.3 Å². The number of aromatic hydroxyl groups is 1. The monoisotopic (exact) mass is 332 g/mol. The van der Waals surface area contributed by atoms with Crippen molar-refractivity contribution in [1.29, 1.82) is 0 Å². The summed E-state index contributed by atoms with van der Waals surface area (Å²) in [5, 5.41) is 13.5. The highest BCUT2D eigenvalue weighted by Crippen LogP contribution is 2.43. The second kappa shape index (κ2) is 5.91. The van der Waals surface area contributed by atoms with Gasteiger partial charge < -0.3 is 5.11 Å². The zero-order valence-corrected chi connectivity index (χ0v) is 16.1. The maximum absolute atomic E-state index is 11.1. The lowest BCUT2D eigenvalue weighted by Crippen LogP contribution is -2.17. The van der Waals surface area contributed by atoms with Gasteiger partial charge in [-0.15, -0.1) is 0 Å². The molecular weight excluding hydrogens is 304 g/mol. The molecule has 0 aliphatic rings. The van der Waals surface area contributed by atoms with Gasteiger partial charge in [-0.25, -0.2) is 0 Å². The van der Waals surface area contributed by atoms with Crippen LogP contribution >= 0.6 is 0 Å². The predicted molar refractivity (Wildman–Crippen MR) is 108 cm³/mol. The summed E-state index contributed by atoms with van der Waals surface area (Å²) in [7, 11) is 0. The molecule has 0 saturated carbocycles. The summed E-state index contributed by atoms with van der Waals surface area (Å²) in [6.45, 7) is 13.1. The molecular formula is C24H28O. The second-order valence-electron chi connectivity index (χ2n) is 8.95. The molecule has 0 aliphatic heterocycles. The van der Waals surface area contributed by atoms with Crippen molar-refractivity contribution in [3.05, 3.63) is 65.7 Å². The summed E-state index contributed by atoms with van der Waals surface area (Å²) in [5.74, 6) is 0.400. The standard InChI is InChI=1S/C24H28O/c1-23(2,3)17-14-20(22(25)21(15-17)24(4,5)6)19-13-9-11-16-10-7-8-12-18(16)19/h7-15,25H,1-6H3. The van der Waals surface area contributed by atoms with Gasteiger partial charge in [0.2, 0.25) is 0 Å². The Balaban J connectivity index is 2.39. The summed E-state index contributed by atoms with van der Waals surface area (Å²) >= 11 is 0. The maximum Gasteiger partial charge on any atom is 0.127 e. The molecule has 0 saturated heterocycles. The summed E-state index contributed by atoms with van der Waals surface area (Å²) < 4.78 is 0. The number of phenols is 1. The van der Waals surface area contributed by atoms with E-state index in [0.29, 0.717) is 5.75 Å². The zero-order valence-electron chi connectivity index (χ0n) is 16.1. The van der Waals surface area contributed by atoms with Gasteiger partial charge in [0.25, 0.3) is 0 Å². The number of benzene rings is 3. The van der Waals surface area contributed by atoms with E-state index in [9.17, 15) is 5.11 Å². The lowest BCUT2D eigenvalue weighted by molar-refractivity contribution is 0.446. The molecule has 0 atom stereocenters. The van der Waals surface area contributed by atoms with Gasteiger partial charge in [0.1, 0.15) is 5.75 Å². The lowest BCUT2D eigenvalue weighted by atomic mass is 9.78. The quantitative estimate of drug-likeness (QED) is 0.519. The van der Waals surface area contributed by atoms with Gasteiger partial charge in [-0.2, -0.15) is 0 Å². The van der Waals surface area contributed by atoms with Crippen molar-refractivity contribution < 1.29 is 5.11 Å². The molecule has 0 aromatic heterocycles. The highest BCUT2D eigenvalue weighted by Gasteiger charge is 2.25. The minimum absolute atomic E-state index is 0.0209. The third-order valence-corrected chi connectivity index (χ3v) is 4.86. The van der Waals surface area contributed by atoms with Crippen molar-refractivity contribution in [2.75, 3.05) is 0 Å². The fourth-order valence-corrected chi connectivity index (χ4v) is 3.30. The molecule has 0 unspecified atom stereocenters. The molecule has 130 valence electrons. The third kappa shape index (κ3) is 3.28. The van der Waals surface area contributed by atoms with Crippen molar-refractivity contribution in [2.45, 2.75) is 52.4 Å². The molecule has 0 aliphatic carbocycles. The molecule has 3 aromatic rings. The molecule has 0 spiro atoms. The lowest BCUT2D eigenvalue weighted by Gasteiger charge is -2.28. The van der Waals surface area contributed by atoms with Gasteiger partial charge in [0, 0.05) is 11.1 Å². The Morgan fingerprint density at radius 3 is 1.96 bits per heavy atom. The Kier molecular flexibility index (Phi) is 4.15. The zero-order chi connectivity index (χ0) is 18.4. The van der Waals surface area contributed by atoms with Gasteiger partial charge in [0.15, 0.2) is 0 Å². The minimum Gasteiger partial charge on any atom is -0.507 e. The molecule has 0 bridgehead atoms. The largest absolute Gasteiger partial charge is 0.507 e. The maximum atomic E-state index is 11.1. The fourth-order valence-electron chi connectivity index (χ4n) is 3.30. The summed E-state index contributed by atoms with van der Waals surface area (Å²) in [5.41, 5.74) is 4.17. The average Bonchev–Trinajstić information content (AvgIpc) is 2.52. The second-order valence-corrected chi connectivity index (χ2v) is 8.95. The molecule has 25 heavy (non-hydrogen) atoms. The van der Waals surface area contributed by atoms with Crippen LogP contribution in [0.5, 0.6) is 5.75 Å². The number of phenolic OH excluding ortho intramolecular Hbond substituents is 1. The van der Waals surface area contributed by atoms with E-state index >= 15 is 0 Å². The Labute approximate surface area is 151 Å². The van der Waals surface area contributed by atoms with E-state index < -0.39 is 0 Å². The van der Waals surface area contributed by atoms with Crippen LogP contribution in [0.3, 0.4) is 0 Å². The molecule has 1 nitrogen and oxygen atoms in total. The molecule has 0 heterocycles. The smallest absolute Gasteiger partial charge is 0.127 e. The van der Waals surface area contributed by atoms with Gasteiger partial charge in [-0.3, -0.25) is 0 Å². The van der Waals surface area contributed by atoms with Gasteiger partial charge in [0.05, 0.1) is 0 Å². The number of hydrogen-bond acceptors (Lipinski definition) is 1. The van der Waals surface area contributed by atoms with E-state index in [-0.39, 0.29) is 10.8 Å². The van der Waals surface area contributed by atoms with E-state index in [4.69, 9.17) is 0 Å². The van der Waals surface area contributed by atoms with Crippen LogP contribution in [0.1, 0.15) is 52.7 Å². The van der Waals surface area contributed by atoms with Crippen LogP contribution in [0.15, 0.2) is 54.6 Å². The first-order valence-electron chi connectivity index (χ1n) is 8.95. The molecule has 3 rings (SSSR count). The average molecular weight is 332 g/mol. The molecule has 3 aromatic carbocycles. The van der Waals surface area contributed by atoms with Crippen LogP contribution in [0.4, 0.5) is 0 Å². The van der Waals surface area contributed by atoms with Gasteiger partial charge >= 0.3 is 0 Å². The first-order chi connectivity index (χ1) is 11.6. The minimum atomic E-state index is -0.120. The highest BCUT2D eigenvalue weighted by atomic mass is 16.3. The first kappa shape index (κ1) is 17.5. The molecule has 1 heteroatoms. The van der Waals surface area contributed by atoms with Crippen LogP contribution < -0.4 is 0 Å². The Morgan fingerprint density at radius 1 is 0.680 bits per heavy atom. The van der Waals surface area contributed by atoms with Crippen molar-refractivity contribution in [2.24, 2.45) is 0 Å². The Morgan fingerprint density at radius 2 is 1.32 bits per heavy atom. The number of hydrogen-bond donors (Lipinski definition) is 1.